The van der Waals surface area contributed by atoms with E-state index in [1.165, 1.54) is 18.7 Å². The summed E-state index contributed by atoms with van der Waals surface area (Å²) in [6.45, 7) is 1.45. The molecule has 7 nitrogen and oxygen atoms in total. The number of hydrogen-bond acceptors (Lipinski definition) is 5. The van der Waals surface area contributed by atoms with Gasteiger partial charge in [0.25, 0.3) is 0 Å². The van der Waals surface area contributed by atoms with Crippen molar-refractivity contribution in [3.05, 3.63) is 30.6 Å². The summed E-state index contributed by atoms with van der Waals surface area (Å²) >= 11 is 1.50. The zero-order valence-corrected chi connectivity index (χ0v) is 15.8. The molecule has 2 amide bonds. The van der Waals surface area contributed by atoms with Crippen LogP contribution in [0.1, 0.15) is 32.6 Å². The predicted octanol–water partition coefficient (Wildman–Crippen LogP) is 2.60. The van der Waals surface area contributed by atoms with E-state index in [1.54, 1.807) is 6.33 Å². The highest BCUT2D eigenvalue weighted by atomic mass is 32.2. The second-order valence-electron chi connectivity index (χ2n) is 6.56. The fourth-order valence-electron chi connectivity index (χ4n) is 3.20. The van der Waals surface area contributed by atoms with Gasteiger partial charge in [-0.2, -0.15) is 0 Å². The number of rotatable bonds is 6. The molecule has 26 heavy (non-hydrogen) atoms. The van der Waals surface area contributed by atoms with Crippen molar-refractivity contribution in [1.29, 1.82) is 0 Å². The molecule has 1 aromatic heterocycles. The van der Waals surface area contributed by atoms with E-state index in [-0.39, 0.29) is 17.7 Å². The van der Waals surface area contributed by atoms with Crippen molar-refractivity contribution >= 4 is 29.3 Å². The summed E-state index contributed by atoms with van der Waals surface area (Å²) in [5.41, 5.74) is 0.714. The molecule has 0 saturated heterocycles. The highest BCUT2D eigenvalue weighted by molar-refractivity contribution is 7.99. The molecule has 0 bridgehead atoms. The van der Waals surface area contributed by atoms with Gasteiger partial charge in [0.05, 0.1) is 0 Å². The number of nitrogens with one attached hydrogen (secondary N) is 2. The third kappa shape index (κ3) is 4.63. The Balaban J connectivity index is 1.64. The Labute approximate surface area is 157 Å². The Kier molecular flexibility index (Phi) is 5.92. The molecule has 0 radical (unpaired) electrons. The molecular formula is C18H23N5O2S. The normalized spacial score (nSPS) is 15.6. The van der Waals surface area contributed by atoms with Gasteiger partial charge in [-0.15, -0.1) is 10.2 Å². The van der Waals surface area contributed by atoms with Gasteiger partial charge in [-0.1, -0.05) is 12.8 Å². The summed E-state index contributed by atoms with van der Waals surface area (Å²) in [6, 6.07) is 7.10. The Morgan fingerprint density at radius 3 is 2.50 bits per heavy atom. The van der Waals surface area contributed by atoms with Gasteiger partial charge >= 0.3 is 0 Å². The summed E-state index contributed by atoms with van der Waals surface area (Å²) in [6.07, 6.45) is 5.84. The molecule has 1 heterocycles. The first-order chi connectivity index (χ1) is 12.5. The van der Waals surface area contributed by atoms with Crippen molar-refractivity contribution in [1.82, 2.24) is 20.1 Å². The molecule has 138 valence electrons. The molecule has 1 aliphatic carbocycles. The molecule has 0 spiro atoms. The number of aromatic nitrogens is 3. The number of carbonyl (C=O) groups is 2. The van der Waals surface area contributed by atoms with E-state index in [9.17, 15) is 9.59 Å². The van der Waals surface area contributed by atoms with E-state index in [1.807, 2.05) is 35.9 Å². The maximum atomic E-state index is 12.7. The van der Waals surface area contributed by atoms with Gasteiger partial charge in [-0.3, -0.25) is 9.59 Å². The third-order valence-electron chi connectivity index (χ3n) is 4.51. The molecule has 1 saturated carbocycles. The van der Waals surface area contributed by atoms with Crippen LogP contribution in [0, 0.1) is 5.92 Å². The molecular weight excluding hydrogens is 350 g/mol. The van der Waals surface area contributed by atoms with Gasteiger partial charge in [0, 0.05) is 24.6 Å². The van der Waals surface area contributed by atoms with Crippen molar-refractivity contribution in [2.75, 3.05) is 5.32 Å². The number of nitrogens with zero attached hydrogens (tertiary/aromatic N) is 3. The summed E-state index contributed by atoms with van der Waals surface area (Å²) in [5.74, 6) is -0.113. The van der Waals surface area contributed by atoms with Crippen LogP contribution in [-0.2, 0) is 16.6 Å². The van der Waals surface area contributed by atoms with Crippen molar-refractivity contribution in [3.8, 4) is 0 Å². The molecule has 1 atom stereocenters. The van der Waals surface area contributed by atoms with Gasteiger partial charge in [0.15, 0.2) is 5.16 Å². The van der Waals surface area contributed by atoms with Crippen LogP contribution in [0.2, 0.25) is 0 Å². The van der Waals surface area contributed by atoms with Crippen LogP contribution in [0.3, 0.4) is 0 Å². The standard InChI is InChI=1S/C18H23N5O2S/c1-12(24)20-16(13-5-3-4-6-13)17(25)21-14-7-9-15(10-8-14)26-18-22-19-11-23(18)2/h7-11,13,16H,3-6H2,1-2H3,(H,20,24)(H,21,25). The second-order valence-corrected chi connectivity index (χ2v) is 7.60. The lowest BCUT2D eigenvalue weighted by Crippen LogP contribution is -2.47. The van der Waals surface area contributed by atoms with Crippen LogP contribution in [0.15, 0.2) is 40.6 Å². The van der Waals surface area contributed by atoms with Crippen molar-refractivity contribution in [2.24, 2.45) is 13.0 Å². The first kappa shape index (κ1) is 18.4. The Morgan fingerprint density at radius 2 is 1.92 bits per heavy atom. The molecule has 8 heteroatoms. The quantitative estimate of drug-likeness (QED) is 0.812. The lowest BCUT2D eigenvalue weighted by molar-refractivity contribution is -0.126. The van der Waals surface area contributed by atoms with Gasteiger partial charge in [0.1, 0.15) is 12.4 Å². The van der Waals surface area contributed by atoms with E-state index in [0.29, 0.717) is 5.69 Å². The number of aryl methyl sites for hydroxylation is 1. The Bertz CT molecular complexity index is 768. The van der Waals surface area contributed by atoms with Gasteiger partial charge in [-0.25, -0.2) is 0 Å². The molecule has 1 fully saturated rings. The number of carbonyl (C=O) groups excluding carboxylic acids is 2. The van der Waals surface area contributed by atoms with E-state index in [0.717, 1.165) is 35.7 Å². The third-order valence-corrected chi connectivity index (χ3v) is 5.57. The smallest absolute Gasteiger partial charge is 0.247 e. The van der Waals surface area contributed by atoms with E-state index < -0.39 is 6.04 Å². The van der Waals surface area contributed by atoms with Crippen molar-refractivity contribution in [2.45, 2.75) is 48.7 Å². The summed E-state index contributed by atoms with van der Waals surface area (Å²) in [5, 5.41) is 14.4. The van der Waals surface area contributed by atoms with Gasteiger partial charge in [0.2, 0.25) is 11.8 Å². The van der Waals surface area contributed by atoms with Gasteiger partial charge in [-0.05, 0) is 54.8 Å². The average molecular weight is 373 g/mol. The molecule has 0 aliphatic heterocycles. The number of hydrogen-bond donors (Lipinski definition) is 2. The molecule has 3 rings (SSSR count). The first-order valence-corrected chi connectivity index (χ1v) is 9.54. The molecule has 1 aromatic carbocycles. The van der Waals surface area contributed by atoms with Crippen LogP contribution < -0.4 is 10.6 Å². The first-order valence-electron chi connectivity index (χ1n) is 8.73. The van der Waals surface area contributed by atoms with E-state index in [2.05, 4.69) is 20.8 Å². The zero-order chi connectivity index (χ0) is 18.5. The zero-order valence-electron chi connectivity index (χ0n) is 14.9. The second kappa shape index (κ2) is 8.35. The van der Waals surface area contributed by atoms with Crippen LogP contribution in [0.25, 0.3) is 0 Å². The fourth-order valence-corrected chi connectivity index (χ4v) is 3.97. The van der Waals surface area contributed by atoms with Crippen LogP contribution in [0.4, 0.5) is 5.69 Å². The summed E-state index contributed by atoms with van der Waals surface area (Å²) < 4.78 is 1.85. The summed E-state index contributed by atoms with van der Waals surface area (Å²) in [4.78, 5) is 25.2. The summed E-state index contributed by atoms with van der Waals surface area (Å²) in [7, 11) is 1.89. The van der Waals surface area contributed by atoms with Crippen molar-refractivity contribution in [3.63, 3.8) is 0 Å². The van der Waals surface area contributed by atoms with E-state index in [4.69, 9.17) is 0 Å². The maximum absolute atomic E-state index is 12.7. The predicted molar refractivity (Wildman–Crippen MR) is 99.8 cm³/mol. The molecule has 1 aliphatic rings. The monoisotopic (exact) mass is 373 g/mol. The van der Waals surface area contributed by atoms with E-state index >= 15 is 0 Å². The largest absolute Gasteiger partial charge is 0.344 e. The topological polar surface area (TPSA) is 88.9 Å². The number of amides is 2. The minimum absolute atomic E-state index is 0.152. The number of anilines is 1. The highest BCUT2D eigenvalue weighted by Crippen LogP contribution is 2.29. The Morgan fingerprint density at radius 1 is 1.23 bits per heavy atom. The average Bonchev–Trinajstić information content (AvgIpc) is 3.27. The van der Waals surface area contributed by atoms with Crippen LogP contribution >= 0.6 is 11.8 Å². The minimum atomic E-state index is -0.470. The number of benzene rings is 1. The SMILES string of the molecule is CC(=O)NC(C(=O)Nc1ccc(Sc2nncn2C)cc1)C1CCCC1. The van der Waals surface area contributed by atoms with Gasteiger partial charge < -0.3 is 15.2 Å². The van der Waals surface area contributed by atoms with Crippen molar-refractivity contribution < 1.29 is 9.59 Å². The molecule has 2 N–H and O–H groups in total. The highest BCUT2D eigenvalue weighted by Gasteiger charge is 2.31. The fraction of sp³-hybridized carbons (Fsp3) is 0.444. The lowest BCUT2D eigenvalue weighted by atomic mass is 9.97. The maximum Gasteiger partial charge on any atom is 0.247 e. The van der Waals surface area contributed by atoms with Crippen LogP contribution in [-0.4, -0.2) is 32.6 Å². The minimum Gasteiger partial charge on any atom is -0.344 e. The molecule has 1 unspecified atom stereocenters. The Hall–Kier alpha value is -2.35. The lowest BCUT2D eigenvalue weighted by Gasteiger charge is -2.23. The molecule has 2 aromatic rings. The van der Waals surface area contributed by atoms with Crippen LogP contribution in [0.5, 0.6) is 0 Å².